The molecule has 0 aliphatic carbocycles. The van der Waals surface area contributed by atoms with Gasteiger partial charge in [0.1, 0.15) is 0 Å². The Morgan fingerprint density at radius 1 is 1.35 bits per heavy atom. The van der Waals surface area contributed by atoms with Crippen molar-refractivity contribution < 1.29 is 0 Å². The standard InChI is InChI=1S/C13H23N5O2/c1-9(2)18-6-5-10(8-18)7-14-11-12(19)16(3)13(20)17(4)15-11/h9-10H,5-8H2,1-4H3,(H,14,15). The summed E-state index contributed by atoms with van der Waals surface area (Å²) in [6.45, 7) is 7.24. The van der Waals surface area contributed by atoms with E-state index in [0.29, 0.717) is 18.5 Å². The normalized spacial score (nSPS) is 19.8. The smallest absolute Gasteiger partial charge is 0.346 e. The van der Waals surface area contributed by atoms with Gasteiger partial charge in [-0.15, -0.1) is 5.10 Å². The topological polar surface area (TPSA) is 72.2 Å². The second-order valence-electron chi connectivity index (χ2n) is 5.74. The predicted octanol–water partition coefficient (Wildman–Crippen LogP) is -0.379. The van der Waals surface area contributed by atoms with E-state index in [0.717, 1.165) is 24.1 Å². The number of nitrogens with one attached hydrogen (secondary N) is 1. The molecule has 0 spiro atoms. The van der Waals surface area contributed by atoms with Crippen LogP contribution >= 0.6 is 0 Å². The van der Waals surface area contributed by atoms with Crippen LogP contribution in [0.5, 0.6) is 0 Å². The third-order valence-electron chi connectivity index (χ3n) is 3.93. The third kappa shape index (κ3) is 2.92. The predicted molar refractivity (Wildman–Crippen MR) is 78.0 cm³/mol. The van der Waals surface area contributed by atoms with Crippen LogP contribution in [0.25, 0.3) is 0 Å². The van der Waals surface area contributed by atoms with Crippen molar-refractivity contribution in [2.24, 2.45) is 20.0 Å². The zero-order valence-corrected chi connectivity index (χ0v) is 12.6. The summed E-state index contributed by atoms with van der Waals surface area (Å²) in [6.07, 6.45) is 1.12. The van der Waals surface area contributed by atoms with Crippen molar-refractivity contribution in [1.82, 2.24) is 19.2 Å². The number of likely N-dealkylation sites (tertiary alicyclic amines) is 1. The second kappa shape index (κ2) is 5.78. The summed E-state index contributed by atoms with van der Waals surface area (Å²) in [4.78, 5) is 25.9. The molecule has 7 nitrogen and oxygen atoms in total. The molecule has 1 aliphatic heterocycles. The highest BCUT2D eigenvalue weighted by molar-refractivity contribution is 5.29. The summed E-state index contributed by atoms with van der Waals surface area (Å²) in [7, 11) is 3.01. The van der Waals surface area contributed by atoms with Crippen molar-refractivity contribution in [2.75, 3.05) is 25.0 Å². The maximum atomic E-state index is 11.9. The van der Waals surface area contributed by atoms with E-state index in [1.54, 1.807) is 7.05 Å². The number of aryl methyl sites for hydroxylation is 1. The fourth-order valence-electron chi connectivity index (χ4n) is 2.55. The quantitative estimate of drug-likeness (QED) is 0.814. The van der Waals surface area contributed by atoms with E-state index >= 15 is 0 Å². The average Bonchev–Trinajstić information content (AvgIpc) is 2.88. The Bertz CT molecular complexity index is 589. The Morgan fingerprint density at radius 3 is 2.65 bits per heavy atom. The highest BCUT2D eigenvalue weighted by atomic mass is 16.2. The van der Waals surface area contributed by atoms with E-state index in [-0.39, 0.29) is 11.4 Å². The first kappa shape index (κ1) is 14.8. The largest absolute Gasteiger partial charge is 0.364 e. The molecular formula is C13H23N5O2. The Hall–Kier alpha value is -1.63. The summed E-state index contributed by atoms with van der Waals surface area (Å²) < 4.78 is 2.25. The Labute approximate surface area is 118 Å². The van der Waals surface area contributed by atoms with Crippen LogP contribution in [0.1, 0.15) is 20.3 Å². The van der Waals surface area contributed by atoms with Crippen molar-refractivity contribution in [3.63, 3.8) is 0 Å². The van der Waals surface area contributed by atoms with Crippen LogP contribution in [0, 0.1) is 5.92 Å². The van der Waals surface area contributed by atoms with Crippen LogP contribution in [0.3, 0.4) is 0 Å². The Balaban J connectivity index is 2.02. The van der Waals surface area contributed by atoms with E-state index < -0.39 is 5.69 Å². The summed E-state index contributed by atoms with van der Waals surface area (Å²) in [5.74, 6) is 0.763. The van der Waals surface area contributed by atoms with Gasteiger partial charge in [-0.2, -0.15) is 0 Å². The molecule has 7 heteroatoms. The molecule has 0 radical (unpaired) electrons. The number of hydrogen-bond acceptors (Lipinski definition) is 5. The summed E-state index contributed by atoms with van der Waals surface area (Å²) in [5.41, 5.74) is -0.779. The molecule has 2 heterocycles. The number of nitrogens with zero attached hydrogens (tertiary/aromatic N) is 4. The first-order valence-electron chi connectivity index (χ1n) is 7.02. The van der Waals surface area contributed by atoms with Crippen molar-refractivity contribution in [1.29, 1.82) is 0 Å². The van der Waals surface area contributed by atoms with Crippen LogP contribution in [0.4, 0.5) is 5.82 Å². The highest BCUT2D eigenvalue weighted by Gasteiger charge is 2.24. The van der Waals surface area contributed by atoms with Gasteiger partial charge in [-0.1, -0.05) is 0 Å². The molecule has 112 valence electrons. The fourth-order valence-corrected chi connectivity index (χ4v) is 2.55. The van der Waals surface area contributed by atoms with Crippen LogP contribution in [-0.4, -0.2) is 44.9 Å². The zero-order chi connectivity index (χ0) is 14.9. The molecule has 1 aromatic rings. The molecule has 0 bridgehead atoms. The molecule has 1 saturated heterocycles. The first-order chi connectivity index (χ1) is 9.40. The lowest BCUT2D eigenvalue weighted by Crippen LogP contribution is -2.40. The lowest BCUT2D eigenvalue weighted by molar-refractivity contribution is 0.266. The van der Waals surface area contributed by atoms with Crippen LogP contribution in [-0.2, 0) is 14.1 Å². The van der Waals surface area contributed by atoms with E-state index in [2.05, 4.69) is 29.2 Å². The van der Waals surface area contributed by atoms with E-state index in [4.69, 9.17) is 0 Å². The summed E-state index contributed by atoms with van der Waals surface area (Å²) >= 11 is 0. The van der Waals surface area contributed by atoms with Crippen molar-refractivity contribution in [3.05, 3.63) is 20.8 Å². The van der Waals surface area contributed by atoms with Gasteiger partial charge in [0.25, 0.3) is 5.56 Å². The number of hydrogen-bond donors (Lipinski definition) is 1. The fraction of sp³-hybridized carbons (Fsp3) is 0.769. The lowest BCUT2D eigenvalue weighted by atomic mass is 10.1. The van der Waals surface area contributed by atoms with E-state index in [1.165, 1.54) is 11.7 Å². The van der Waals surface area contributed by atoms with Gasteiger partial charge in [-0.25, -0.2) is 9.48 Å². The van der Waals surface area contributed by atoms with Crippen molar-refractivity contribution in [2.45, 2.75) is 26.3 Å². The molecule has 1 N–H and O–H groups in total. The van der Waals surface area contributed by atoms with Gasteiger partial charge in [0, 0.05) is 33.2 Å². The van der Waals surface area contributed by atoms with Gasteiger partial charge in [0.15, 0.2) is 0 Å². The maximum Gasteiger partial charge on any atom is 0.346 e. The van der Waals surface area contributed by atoms with Crippen molar-refractivity contribution in [3.8, 4) is 0 Å². The third-order valence-corrected chi connectivity index (χ3v) is 3.93. The first-order valence-corrected chi connectivity index (χ1v) is 7.02. The van der Waals surface area contributed by atoms with E-state index in [1.807, 2.05) is 0 Å². The second-order valence-corrected chi connectivity index (χ2v) is 5.74. The number of anilines is 1. The molecule has 20 heavy (non-hydrogen) atoms. The average molecular weight is 281 g/mol. The van der Waals surface area contributed by atoms with Gasteiger partial charge >= 0.3 is 5.69 Å². The monoisotopic (exact) mass is 281 g/mol. The Kier molecular flexibility index (Phi) is 4.27. The van der Waals surface area contributed by atoms with E-state index in [9.17, 15) is 9.59 Å². The van der Waals surface area contributed by atoms with Gasteiger partial charge < -0.3 is 10.2 Å². The molecule has 1 aliphatic rings. The molecule has 1 atom stereocenters. The Morgan fingerprint density at radius 2 is 2.05 bits per heavy atom. The highest BCUT2D eigenvalue weighted by Crippen LogP contribution is 2.18. The van der Waals surface area contributed by atoms with Crippen molar-refractivity contribution >= 4 is 5.82 Å². The minimum absolute atomic E-state index is 0.248. The van der Waals surface area contributed by atoms with Gasteiger partial charge in [0.2, 0.25) is 5.82 Å². The van der Waals surface area contributed by atoms with Gasteiger partial charge in [-0.05, 0) is 32.7 Å². The minimum Gasteiger partial charge on any atom is -0.364 e. The molecule has 2 rings (SSSR count). The lowest BCUT2D eigenvalue weighted by Gasteiger charge is -2.20. The van der Waals surface area contributed by atoms with Crippen LogP contribution in [0.2, 0.25) is 0 Å². The number of rotatable bonds is 4. The molecular weight excluding hydrogens is 258 g/mol. The summed E-state index contributed by atoms with van der Waals surface area (Å²) in [6, 6.07) is 0.559. The molecule has 0 aromatic carbocycles. The zero-order valence-electron chi connectivity index (χ0n) is 12.6. The molecule has 1 fully saturated rings. The number of aromatic nitrogens is 3. The molecule has 1 aromatic heterocycles. The van der Waals surface area contributed by atoms with Gasteiger partial charge in [-0.3, -0.25) is 9.36 Å². The molecule has 1 unspecified atom stereocenters. The SMILES string of the molecule is CC(C)N1CCC(CNc2nn(C)c(=O)n(C)c2=O)C1. The molecule has 0 amide bonds. The maximum absolute atomic E-state index is 11.9. The summed E-state index contributed by atoms with van der Waals surface area (Å²) in [5, 5.41) is 7.09. The van der Waals surface area contributed by atoms with Crippen LogP contribution in [0.15, 0.2) is 9.59 Å². The minimum atomic E-state index is -0.410. The van der Waals surface area contributed by atoms with Gasteiger partial charge in [0.05, 0.1) is 0 Å². The molecule has 0 saturated carbocycles. The van der Waals surface area contributed by atoms with Crippen LogP contribution < -0.4 is 16.6 Å².